The van der Waals surface area contributed by atoms with Gasteiger partial charge in [0.05, 0.1) is 6.10 Å². The van der Waals surface area contributed by atoms with Gasteiger partial charge in [0.15, 0.2) is 0 Å². The second-order valence-corrected chi connectivity index (χ2v) is 10.1. The van der Waals surface area contributed by atoms with Crippen molar-refractivity contribution in [1.82, 2.24) is 5.32 Å². The Morgan fingerprint density at radius 1 is 1.12 bits per heavy atom. The van der Waals surface area contributed by atoms with Gasteiger partial charge in [-0.05, 0) is 37.2 Å². The summed E-state index contributed by atoms with van der Waals surface area (Å²) in [5.74, 6) is -1.41. The highest BCUT2D eigenvalue weighted by atomic mass is 16.6. The molecule has 33 heavy (non-hydrogen) atoms. The highest BCUT2D eigenvalue weighted by Crippen LogP contribution is 2.50. The third-order valence-corrected chi connectivity index (χ3v) is 7.87. The summed E-state index contributed by atoms with van der Waals surface area (Å²) in [5.41, 5.74) is 1.04. The van der Waals surface area contributed by atoms with Crippen LogP contribution in [0.25, 0.3) is 0 Å². The number of nitrogens with one attached hydrogen (secondary N) is 1. The van der Waals surface area contributed by atoms with Gasteiger partial charge in [0.2, 0.25) is 5.60 Å². The van der Waals surface area contributed by atoms with Gasteiger partial charge in [0.25, 0.3) is 5.91 Å². The summed E-state index contributed by atoms with van der Waals surface area (Å²) >= 11 is 0. The summed E-state index contributed by atoms with van der Waals surface area (Å²) in [6.45, 7) is 8.11. The summed E-state index contributed by atoms with van der Waals surface area (Å²) in [6, 6.07) is 9.97. The lowest BCUT2D eigenvalue weighted by molar-refractivity contribution is -0.172. The molecule has 2 heterocycles. The molecule has 0 saturated carbocycles. The first kappa shape index (κ1) is 23.5. The van der Waals surface area contributed by atoms with E-state index in [1.807, 2.05) is 44.2 Å². The Bertz CT molecular complexity index is 981. The molecule has 2 aliphatic heterocycles. The van der Waals surface area contributed by atoms with Crippen LogP contribution >= 0.6 is 0 Å². The quantitative estimate of drug-likeness (QED) is 0.529. The van der Waals surface area contributed by atoms with E-state index in [0.29, 0.717) is 12.8 Å². The van der Waals surface area contributed by atoms with Crippen molar-refractivity contribution < 1.29 is 19.4 Å². The zero-order chi connectivity index (χ0) is 23.8. The van der Waals surface area contributed by atoms with Crippen molar-refractivity contribution in [2.45, 2.75) is 58.3 Å². The lowest BCUT2D eigenvalue weighted by Crippen LogP contribution is -2.56. The monoisotopic (exact) mass is 449 g/mol. The lowest BCUT2D eigenvalue weighted by atomic mass is 9.63. The van der Waals surface area contributed by atoms with E-state index < -0.39 is 17.7 Å². The number of aliphatic hydroxyl groups is 1. The van der Waals surface area contributed by atoms with E-state index in [0.717, 1.165) is 5.56 Å². The van der Waals surface area contributed by atoms with E-state index in [4.69, 9.17) is 4.74 Å². The fourth-order valence-electron chi connectivity index (χ4n) is 5.83. The number of carbonyl (C=O) groups is 2. The molecule has 1 aromatic carbocycles. The van der Waals surface area contributed by atoms with Crippen LogP contribution in [0.5, 0.6) is 0 Å². The van der Waals surface area contributed by atoms with Gasteiger partial charge in [-0.2, -0.15) is 0 Å². The molecule has 2 N–H and O–H groups in total. The van der Waals surface area contributed by atoms with E-state index in [1.54, 1.807) is 6.08 Å². The number of esters is 1. The minimum Gasteiger partial charge on any atom is -0.444 e. The van der Waals surface area contributed by atoms with E-state index in [9.17, 15) is 14.7 Å². The molecule has 176 valence electrons. The second-order valence-electron chi connectivity index (χ2n) is 10.1. The van der Waals surface area contributed by atoms with E-state index in [-0.39, 0.29) is 41.5 Å². The summed E-state index contributed by atoms with van der Waals surface area (Å²) in [7, 11) is 0. The van der Waals surface area contributed by atoms with Crippen LogP contribution in [0.15, 0.2) is 66.3 Å². The molecule has 1 aliphatic carbocycles. The van der Waals surface area contributed by atoms with Crippen molar-refractivity contribution in [1.29, 1.82) is 0 Å². The fourth-order valence-corrected chi connectivity index (χ4v) is 5.83. The first-order chi connectivity index (χ1) is 15.7. The van der Waals surface area contributed by atoms with Crippen molar-refractivity contribution in [3.05, 3.63) is 71.8 Å². The van der Waals surface area contributed by atoms with Gasteiger partial charge in [-0.15, -0.1) is 0 Å². The molecular formula is C28H35NO4. The zero-order valence-electron chi connectivity index (χ0n) is 19.9. The predicted octanol–water partition coefficient (Wildman–Crippen LogP) is 3.99. The zero-order valence-corrected chi connectivity index (χ0v) is 19.9. The molecule has 0 unspecified atom stereocenters. The number of hydrogen-bond donors (Lipinski definition) is 2. The number of ether oxygens (including phenoxy) is 1. The molecule has 0 radical (unpaired) electrons. The molecule has 1 aromatic rings. The van der Waals surface area contributed by atoms with Crippen molar-refractivity contribution >= 4 is 11.9 Å². The summed E-state index contributed by atoms with van der Waals surface area (Å²) in [5, 5.41) is 13.8. The number of carbonyl (C=O) groups excluding carboxylic acids is 2. The van der Waals surface area contributed by atoms with Gasteiger partial charge in [0.1, 0.15) is 0 Å². The molecule has 5 nitrogen and oxygen atoms in total. The first-order valence-electron chi connectivity index (χ1n) is 12.0. The Morgan fingerprint density at radius 2 is 1.85 bits per heavy atom. The third-order valence-electron chi connectivity index (χ3n) is 7.87. The SMILES string of the molecule is CC1=C[C@H]2C=CC[C@@H](C)[C@@H](O)[C@@H](C)C=CC(=O)O[C@@]23C(=O)N[C@H](Cc2ccccc2)[C@H]3[C@H]1C. The Morgan fingerprint density at radius 3 is 2.58 bits per heavy atom. The maximum absolute atomic E-state index is 13.6. The summed E-state index contributed by atoms with van der Waals surface area (Å²) in [6.07, 6.45) is 9.98. The van der Waals surface area contributed by atoms with Crippen molar-refractivity contribution in [3.8, 4) is 0 Å². The molecule has 3 aliphatic rings. The van der Waals surface area contributed by atoms with Crippen LogP contribution in [0, 0.1) is 29.6 Å². The van der Waals surface area contributed by atoms with Crippen LogP contribution in [0.1, 0.15) is 39.7 Å². The van der Waals surface area contributed by atoms with Crippen molar-refractivity contribution in [3.63, 3.8) is 0 Å². The fraction of sp³-hybridized carbons (Fsp3) is 0.500. The first-order valence-corrected chi connectivity index (χ1v) is 12.0. The number of rotatable bonds is 2. The molecule has 1 saturated heterocycles. The maximum Gasteiger partial charge on any atom is 0.331 e. The summed E-state index contributed by atoms with van der Waals surface area (Å²) < 4.78 is 6.13. The van der Waals surface area contributed by atoms with Crippen LogP contribution in [0.4, 0.5) is 0 Å². The second kappa shape index (κ2) is 9.30. The van der Waals surface area contributed by atoms with Gasteiger partial charge in [-0.25, -0.2) is 4.79 Å². The number of benzene rings is 1. The average molecular weight is 450 g/mol. The van der Waals surface area contributed by atoms with Crippen LogP contribution in [-0.2, 0) is 20.7 Å². The smallest absolute Gasteiger partial charge is 0.331 e. The van der Waals surface area contributed by atoms with Gasteiger partial charge < -0.3 is 15.2 Å². The largest absolute Gasteiger partial charge is 0.444 e. The van der Waals surface area contributed by atoms with Crippen molar-refractivity contribution in [2.24, 2.45) is 29.6 Å². The molecule has 1 spiro atoms. The molecule has 4 rings (SSSR count). The number of allylic oxidation sites excluding steroid dienone is 2. The maximum atomic E-state index is 13.6. The van der Waals surface area contributed by atoms with Gasteiger partial charge in [-0.1, -0.05) is 81.0 Å². The Balaban J connectivity index is 1.77. The molecule has 0 bridgehead atoms. The predicted molar refractivity (Wildman–Crippen MR) is 128 cm³/mol. The Kier molecular flexibility index (Phi) is 6.62. The number of amides is 1. The molecule has 8 atom stereocenters. The lowest BCUT2D eigenvalue weighted by Gasteiger charge is -2.44. The van der Waals surface area contributed by atoms with Crippen LogP contribution < -0.4 is 5.32 Å². The highest BCUT2D eigenvalue weighted by Gasteiger charge is 2.64. The molecule has 5 heteroatoms. The van der Waals surface area contributed by atoms with Gasteiger partial charge in [0, 0.05) is 29.9 Å². The van der Waals surface area contributed by atoms with Crippen LogP contribution in [-0.4, -0.2) is 34.7 Å². The summed E-state index contributed by atoms with van der Waals surface area (Å²) in [4.78, 5) is 26.7. The minimum atomic E-state index is -1.29. The topological polar surface area (TPSA) is 75.6 Å². The van der Waals surface area contributed by atoms with Gasteiger partial charge in [-0.3, -0.25) is 4.79 Å². The molecule has 0 aromatic heterocycles. The number of aliphatic hydroxyl groups excluding tert-OH is 1. The van der Waals surface area contributed by atoms with Crippen molar-refractivity contribution in [2.75, 3.05) is 0 Å². The Labute approximate surface area is 196 Å². The van der Waals surface area contributed by atoms with Gasteiger partial charge >= 0.3 is 5.97 Å². The minimum absolute atomic E-state index is 0.0268. The van der Waals surface area contributed by atoms with E-state index >= 15 is 0 Å². The average Bonchev–Trinajstić information content (AvgIpc) is 3.06. The van der Waals surface area contributed by atoms with E-state index in [1.165, 1.54) is 11.6 Å². The Hall–Kier alpha value is -2.66. The molecular weight excluding hydrogens is 414 g/mol. The van der Waals surface area contributed by atoms with E-state index in [2.05, 4.69) is 37.4 Å². The normalized spacial score (nSPS) is 38.8. The number of hydrogen-bond acceptors (Lipinski definition) is 4. The molecule has 1 amide bonds. The highest BCUT2D eigenvalue weighted by molar-refractivity contribution is 5.94. The third kappa shape index (κ3) is 4.31. The molecule has 1 fully saturated rings. The standard InChI is InChI=1S/C28H35NO4/c1-17-9-8-12-22-15-19(3)20(4)25-23(16-21-10-6-5-7-11-21)29-27(32)28(22,25)33-24(30)14-13-18(2)26(17)31/h5-8,10-15,17-18,20,22-23,25-26,31H,9,16H2,1-4H3,(H,29,32)/t17-,18+,20+,22-,23-,25-,26-,28+/m1/s1. The van der Waals surface area contributed by atoms with Crippen LogP contribution in [0.3, 0.4) is 0 Å². The van der Waals surface area contributed by atoms with Crippen LogP contribution in [0.2, 0.25) is 0 Å².